The Balaban J connectivity index is 2.84. The number of halogens is 1. The average molecular weight is 284 g/mol. The van der Waals surface area contributed by atoms with E-state index in [9.17, 15) is 0 Å². The summed E-state index contributed by atoms with van der Waals surface area (Å²) in [5, 5.41) is 4.35. The van der Waals surface area contributed by atoms with Gasteiger partial charge in [-0.05, 0) is 50.9 Å². The molecule has 2 atom stereocenters. The molecule has 0 aliphatic rings. The fourth-order valence-corrected chi connectivity index (χ4v) is 2.51. The van der Waals surface area contributed by atoms with E-state index in [0.717, 1.165) is 31.0 Å². The van der Waals surface area contributed by atoms with Crippen LogP contribution in [-0.2, 0) is 11.2 Å². The van der Waals surface area contributed by atoms with Crippen LogP contribution in [-0.4, -0.2) is 24.8 Å². The lowest BCUT2D eigenvalue weighted by Gasteiger charge is -2.37. The van der Waals surface area contributed by atoms with Crippen LogP contribution in [0.5, 0.6) is 0 Å². The fraction of sp³-hybridized carbons (Fsp3) is 0.625. The summed E-state index contributed by atoms with van der Waals surface area (Å²) in [5.41, 5.74) is 1.15. The zero-order chi connectivity index (χ0) is 14.3. The van der Waals surface area contributed by atoms with Gasteiger partial charge in [0, 0.05) is 17.7 Å². The van der Waals surface area contributed by atoms with E-state index in [-0.39, 0.29) is 5.60 Å². The molecular formula is C16H26ClNO. The highest BCUT2D eigenvalue weighted by atomic mass is 35.5. The van der Waals surface area contributed by atoms with Crippen LogP contribution in [0.2, 0.25) is 5.02 Å². The molecule has 1 rings (SSSR count). The Labute approximate surface area is 122 Å². The van der Waals surface area contributed by atoms with Gasteiger partial charge in [-0.2, -0.15) is 0 Å². The lowest BCUT2D eigenvalue weighted by Crippen LogP contribution is -2.51. The molecule has 0 saturated carbocycles. The summed E-state index contributed by atoms with van der Waals surface area (Å²) < 4.78 is 6.00. The van der Waals surface area contributed by atoms with Crippen LogP contribution in [0, 0.1) is 0 Å². The number of rotatable bonds is 8. The number of nitrogens with one attached hydrogen (secondary N) is 1. The second kappa shape index (κ2) is 7.88. The molecule has 0 bridgehead atoms. The largest absolute Gasteiger partial charge is 0.374 e. The topological polar surface area (TPSA) is 21.3 Å². The highest BCUT2D eigenvalue weighted by Crippen LogP contribution is 2.24. The lowest BCUT2D eigenvalue weighted by atomic mass is 9.88. The molecule has 1 N–H and O–H groups in total. The van der Waals surface area contributed by atoms with Gasteiger partial charge < -0.3 is 10.1 Å². The van der Waals surface area contributed by atoms with Crippen molar-refractivity contribution in [2.24, 2.45) is 0 Å². The van der Waals surface area contributed by atoms with Crippen molar-refractivity contribution >= 4 is 11.6 Å². The van der Waals surface area contributed by atoms with Crippen LogP contribution in [0.1, 0.15) is 39.7 Å². The standard InChI is InChI=1S/C16H26ClNO/c1-5-16(4,19-7-3)15(18-6-2)12-13-8-10-14(17)11-9-13/h8-11,15,18H,5-7,12H2,1-4H3. The Hall–Kier alpha value is -0.570. The first-order chi connectivity index (χ1) is 9.05. The van der Waals surface area contributed by atoms with Crippen molar-refractivity contribution in [3.8, 4) is 0 Å². The molecule has 1 aromatic carbocycles. The molecule has 3 heteroatoms. The van der Waals surface area contributed by atoms with Crippen LogP contribution in [0.25, 0.3) is 0 Å². The van der Waals surface area contributed by atoms with Gasteiger partial charge >= 0.3 is 0 Å². The Morgan fingerprint density at radius 3 is 2.32 bits per heavy atom. The van der Waals surface area contributed by atoms with Crippen molar-refractivity contribution in [3.63, 3.8) is 0 Å². The van der Waals surface area contributed by atoms with E-state index in [4.69, 9.17) is 16.3 Å². The van der Waals surface area contributed by atoms with Crippen LogP contribution >= 0.6 is 11.6 Å². The highest BCUT2D eigenvalue weighted by Gasteiger charge is 2.32. The molecule has 0 saturated heterocycles. The summed E-state index contributed by atoms with van der Waals surface area (Å²) in [6.07, 6.45) is 1.95. The van der Waals surface area contributed by atoms with Crippen LogP contribution in [0.4, 0.5) is 0 Å². The molecule has 1 aromatic rings. The summed E-state index contributed by atoms with van der Waals surface area (Å²) >= 11 is 5.94. The number of ether oxygens (including phenoxy) is 1. The van der Waals surface area contributed by atoms with E-state index in [2.05, 4.69) is 45.1 Å². The van der Waals surface area contributed by atoms with Gasteiger partial charge in [0.15, 0.2) is 0 Å². The van der Waals surface area contributed by atoms with Gasteiger partial charge in [0.25, 0.3) is 0 Å². The SMILES string of the molecule is CCNC(Cc1ccc(Cl)cc1)C(C)(CC)OCC. The molecule has 0 amide bonds. The van der Waals surface area contributed by atoms with Gasteiger partial charge in [-0.3, -0.25) is 0 Å². The third kappa shape index (κ3) is 4.79. The van der Waals surface area contributed by atoms with E-state index in [1.165, 1.54) is 5.56 Å². The van der Waals surface area contributed by atoms with Gasteiger partial charge in [0.05, 0.1) is 5.60 Å². The zero-order valence-electron chi connectivity index (χ0n) is 12.5. The predicted octanol–water partition coefficient (Wildman–Crippen LogP) is 4.07. The summed E-state index contributed by atoms with van der Waals surface area (Å²) in [5.74, 6) is 0. The average Bonchev–Trinajstić information content (AvgIpc) is 2.41. The van der Waals surface area contributed by atoms with Gasteiger partial charge in [-0.25, -0.2) is 0 Å². The lowest BCUT2D eigenvalue weighted by molar-refractivity contribution is -0.0546. The first-order valence-corrected chi connectivity index (χ1v) is 7.55. The van der Waals surface area contributed by atoms with Gasteiger partial charge in [0.2, 0.25) is 0 Å². The molecule has 0 fully saturated rings. The minimum Gasteiger partial charge on any atom is -0.374 e. The molecule has 0 spiro atoms. The van der Waals surface area contributed by atoms with E-state index >= 15 is 0 Å². The van der Waals surface area contributed by atoms with Crippen molar-refractivity contribution < 1.29 is 4.74 Å². The summed E-state index contributed by atoms with van der Waals surface area (Å²) in [6.45, 7) is 10.3. The van der Waals surface area contributed by atoms with E-state index in [0.29, 0.717) is 6.04 Å². The number of likely N-dealkylation sites (N-methyl/N-ethyl adjacent to an activating group) is 1. The molecule has 0 heterocycles. The molecule has 2 nitrogen and oxygen atoms in total. The minimum absolute atomic E-state index is 0.135. The Kier molecular flexibility index (Phi) is 6.84. The van der Waals surface area contributed by atoms with Gasteiger partial charge in [-0.1, -0.05) is 37.6 Å². The van der Waals surface area contributed by atoms with E-state index in [1.807, 2.05) is 12.1 Å². The van der Waals surface area contributed by atoms with Gasteiger partial charge in [-0.15, -0.1) is 0 Å². The minimum atomic E-state index is -0.135. The van der Waals surface area contributed by atoms with Crippen molar-refractivity contribution in [1.29, 1.82) is 0 Å². The number of benzene rings is 1. The number of hydrogen-bond donors (Lipinski definition) is 1. The van der Waals surface area contributed by atoms with Crippen molar-refractivity contribution in [1.82, 2.24) is 5.32 Å². The van der Waals surface area contributed by atoms with Crippen molar-refractivity contribution in [2.75, 3.05) is 13.2 Å². The zero-order valence-corrected chi connectivity index (χ0v) is 13.3. The maximum absolute atomic E-state index is 6.00. The summed E-state index contributed by atoms with van der Waals surface area (Å²) in [6, 6.07) is 8.39. The van der Waals surface area contributed by atoms with Crippen LogP contribution in [0.15, 0.2) is 24.3 Å². The second-order valence-corrected chi connectivity index (χ2v) is 5.48. The van der Waals surface area contributed by atoms with E-state index in [1.54, 1.807) is 0 Å². The molecule has 0 radical (unpaired) electrons. The first kappa shape index (κ1) is 16.5. The quantitative estimate of drug-likeness (QED) is 0.777. The van der Waals surface area contributed by atoms with Crippen molar-refractivity contribution in [3.05, 3.63) is 34.9 Å². The molecule has 2 unspecified atom stereocenters. The predicted molar refractivity (Wildman–Crippen MR) is 82.9 cm³/mol. The summed E-state index contributed by atoms with van der Waals surface area (Å²) in [7, 11) is 0. The maximum Gasteiger partial charge on any atom is 0.0807 e. The fourth-order valence-electron chi connectivity index (χ4n) is 2.39. The van der Waals surface area contributed by atoms with Crippen molar-refractivity contribution in [2.45, 2.75) is 52.2 Å². The Bertz CT molecular complexity index is 366. The van der Waals surface area contributed by atoms with Crippen LogP contribution < -0.4 is 5.32 Å². The third-order valence-electron chi connectivity index (χ3n) is 3.72. The number of hydrogen-bond acceptors (Lipinski definition) is 2. The first-order valence-electron chi connectivity index (χ1n) is 7.17. The van der Waals surface area contributed by atoms with Crippen LogP contribution in [0.3, 0.4) is 0 Å². The monoisotopic (exact) mass is 283 g/mol. The molecular weight excluding hydrogens is 258 g/mol. The molecule has 0 aliphatic heterocycles. The Morgan fingerprint density at radius 2 is 1.84 bits per heavy atom. The molecule has 0 aliphatic carbocycles. The Morgan fingerprint density at radius 1 is 1.21 bits per heavy atom. The molecule has 108 valence electrons. The van der Waals surface area contributed by atoms with E-state index < -0.39 is 0 Å². The maximum atomic E-state index is 6.00. The molecule has 19 heavy (non-hydrogen) atoms. The molecule has 0 aromatic heterocycles. The second-order valence-electron chi connectivity index (χ2n) is 5.04. The highest BCUT2D eigenvalue weighted by molar-refractivity contribution is 6.30. The normalized spacial score (nSPS) is 16.1. The van der Waals surface area contributed by atoms with Gasteiger partial charge in [0.1, 0.15) is 0 Å². The smallest absolute Gasteiger partial charge is 0.0807 e. The summed E-state index contributed by atoms with van der Waals surface area (Å²) in [4.78, 5) is 0. The third-order valence-corrected chi connectivity index (χ3v) is 3.97.